The predicted molar refractivity (Wildman–Crippen MR) is 103 cm³/mol. The van der Waals surface area contributed by atoms with Gasteiger partial charge in [-0.15, -0.1) is 0 Å². The van der Waals surface area contributed by atoms with Gasteiger partial charge in [-0.2, -0.15) is 0 Å². The minimum atomic E-state index is -1.03. The third-order valence-corrected chi connectivity index (χ3v) is 4.97. The second-order valence-electron chi connectivity index (χ2n) is 7.82. The molecule has 2 rings (SSSR count). The van der Waals surface area contributed by atoms with Crippen molar-refractivity contribution in [1.29, 1.82) is 0 Å². The highest BCUT2D eigenvalue weighted by Gasteiger charge is 2.53. The van der Waals surface area contributed by atoms with Crippen molar-refractivity contribution in [3.05, 3.63) is 35.6 Å². The van der Waals surface area contributed by atoms with Crippen molar-refractivity contribution in [2.45, 2.75) is 65.3 Å². The van der Waals surface area contributed by atoms with E-state index in [1.54, 1.807) is 7.11 Å². The summed E-state index contributed by atoms with van der Waals surface area (Å²) in [6, 6.07) is 7.35. The van der Waals surface area contributed by atoms with Gasteiger partial charge < -0.3 is 18.8 Å². The molecule has 1 fully saturated rings. The van der Waals surface area contributed by atoms with Gasteiger partial charge in [0.15, 0.2) is 0 Å². The first kappa shape index (κ1) is 20.9. The first-order chi connectivity index (χ1) is 12.1. The molecule has 1 aromatic rings. The van der Waals surface area contributed by atoms with Crippen molar-refractivity contribution in [1.82, 2.24) is 0 Å². The molecule has 6 heteroatoms. The summed E-state index contributed by atoms with van der Waals surface area (Å²) in [6.45, 7) is 12.0. The Morgan fingerprint density at radius 1 is 1.15 bits per heavy atom. The Labute approximate surface area is 156 Å². The molecule has 0 atom stereocenters. The minimum Gasteiger partial charge on any atom is -0.497 e. The average Bonchev–Trinajstić information content (AvgIpc) is 2.79. The molecule has 0 bridgehead atoms. The Morgan fingerprint density at radius 2 is 1.77 bits per heavy atom. The fraction of sp³-hybridized carbons (Fsp3) is 0.600. The summed E-state index contributed by atoms with van der Waals surface area (Å²) in [5.41, 5.74) is -0.345. The molecule has 0 aliphatic carbocycles. The van der Waals surface area contributed by atoms with Crippen molar-refractivity contribution in [3.63, 3.8) is 0 Å². The summed E-state index contributed by atoms with van der Waals surface area (Å²) < 4.78 is 38.1. The third kappa shape index (κ3) is 4.67. The van der Waals surface area contributed by atoms with Crippen LogP contribution in [0, 0.1) is 0 Å². The summed E-state index contributed by atoms with van der Waals surface area (Å²) in [7, 11) is 0.565. The lowest BCUT2D eigenvalue weighted by molar-refractivity contribution is 0.00578. The lowest BCUT2D eigenvalue weighted by Crippen LogP contribution is -2.41. The summed E-state index contributed by atoms with van der Waals surface area (Å²) in [5.74, 6) is 0.673. The van der Waals surface area contributed by atoms with Gasteiger partial charge in [0, 0.05) is 0 Å². The van der Waals surface area contributed by atoms with Gasteiger partial charge in [0.05, 0.1) is 31.0 Å². The largest absolute Gasteiger partial charge is 0.525 e. The van der Waals surface area contributed by atoms with Crippen LogP contribution in [0.3, 0.4) is 0 Å². The zero-order valence-corrected chi connectivity index (χ0v) is 16.9. The molecular formula is C20H30BFO4. The van der Waals surface area contributed by atoms with Crippen LogP contribution in [0.4, 0.5) is 4.39 Å². The van der Waals surface area contributed by atoms with Crippen LogP contribution in [-0.2, 0) is 14.0 Å². The van der Waals surface area contributed by atoms with Crippen LogP contribution < -0.4 is 4.74 Å². The van der Waals surface area contributed by atoms with E-state index in [-0.39, 0.29) is 6.10 Å². The van der Waals surface area contributed by atoms with E-state index in [9.17, 15) is 0 Å². The van der Waals surface area contributed by atoms with Gasteiger partial charge in [-0.05, 0) is 71.2 Å². The van der Waals surface area contributed by atoms with Crippen LogP contribution in [-0.4, -0.2) is 38.1 Å². The van der Waals surface area contributed by atoms with Crippen LogP contribution in [0.15, 0.2) is 30.0 Å². The van der Waals surface area contributed by atoms with E-state index in [2.05, 4.69) is 0 Å². The lowest BCUT2D eigenvalue weighted by atomic mass is 9.82. The molecule has 0 aromatic heterocycles. The van der Waals surface area contributed by atoms with Crippen molar-refractivity contribution in [3.8, 4) is 5.75 Å². The lowest BCUT2D eigenvalue weighted by Gasteiger charge is -2.32. The molecule has 0 radical (unpaired) electrons. The highest BCUT2D eigenvalue weighted by atomic mass is 19.1. The minimum absolute atomic E-state index is 0.0847. The Balaban J connectivity index is 2.36. The molecule has 0 unspecified atom stereocenters. The van der Waals surface area contributed by atoms with Crippen molar-refractivity contribution in [2.24, 2.45) is 0 Å². The Hall–Kier alpha value is -1.37. The Bertz CT molecular complexity index is 639. The van der Waals surface area contributed by atoms with Crippen molar-refractivity contribution in [2.75, 3.05) is 13.7 Å². The van der Waals surface area contributed by atoms with Gasteiger partial charge in [0.2, 0.25) is 0 Å². The zero-order valence-electron chi connectivity index (χ0n) is 16.9. The molecule has 1 aromatic carbocycles. The van der Waals surface area contributed by atoms with Crippen LogP contribution >= 0.6 is 0 Å². The molecular weight excluding hydrogens is 334 g/mol. The van der Waals surface area contributed by atoms with E-state index >= 15 is 4.39 Å². The molecule has 1 aliphatic rings. The van der Waals surface area contributed by atoms with Crippen LogP contribution in [0.5, 0.6) is 5.75 Å². The molecule has 1 aliphatic heterocycles. The van der Waals surface area contributed by atoms with Crippen LogP contribution in [0.1, 0.15) is 53.5 Å². The maximum absolute atomic E-state index is 15.4. The third-order valence-electron chi connectivity index (χ3n) is 4.97. The molecule has 26 heavy (non-hydrogen) atoms. The Morgan fingerprint density at radius 3 is 2.31 bits per heavy atom. The summed E-state index contributed by atoms with van der Waals surface area (Å²) in [6.07, 6.45) is 0.503. The normalized spacial score (nSPS) is 19.7. The fourth-order valence-corrected chi connectivity index (χ4v) is 2.70. The molecule has 0 saturated carbocycles. The van der Waals surface area contributed by atoms with Crippen LogP contribution in [0.25, 0.3) is 5.57 Å². The van der Waals surface area contributed by atoms with Crippen LogP contribution in [0.2, 0.25) is 0 Å². The number of ether oxygens (including phenoxy) is 2. The predicted octanol–water partition coefficient (Wildman–Crippen LogP) is 4.82. The van der Waals surface area contributed by atoms with E-state index in [0.29, 0.717) is 24.4 Å². The van der Waals surface area contributed by atoms with Gasteiger partial charge in [-0.1, -0.05) is 12.1 Å². The first-order valence-electron chi connectivity index (χ1n) is 9.07. The molecule has 1 heterocycles. The number of hydrogen-bond acceptors (Lipinski definition) is 4. The summed E-state index contributed by atoms with van der Waals surface area (Å²) >= 11 is 0. The molecule has 0 amide bonds. The van der Waals surface area contributed by atoms with E-state index in [0.717, 1.165) is 5.56 Å². The zero-order chi connectivity index (χ0) is 19.5. The van der Waals surface area contributed by atoms with Crippen molar-refractivity contribution < 1.29 is 23.2 Å². The average molecular weight is 364 g/mol. The standard InChI is InChI=1S/C20H30BFO4/c1-14(2)24-12-11-17(15-9-8-10-16(13-15)23-7)18(22)21-25-19(3,4)20(5,6)26-21/h8-10,13-14H,11-12H2,1-7H3. The monoisotopic (exact) mass is 364 g/mol. The topological polar surface area (TPSA) is 36.9 Å². The highest BCUT2D eigenvalue weighted by molar-refractivity contribution is 6.55. The number of halogens is 1. The smallest absolute Gasteiger partial charge is 0.497 e. The highest BCUT2D eigenvalue weighted by Crippen LogP contribution is 2.40. The molecule has 0 spiro atoms. The second-order valence-corrected chi connectivity index (χ2v) is 7.82. The van der Waals surface area contributed by atoms with Crippen molar-refractivity contribution >= 4 is 12.7 Å². The van der Waals surface area contributed by atoms with E-state index in [1.165, 1.54) is 0 Å². The SMILES string of the molecule is COc1cccc(C(CCOC(C)C)=C(F)B2OC(C)(C)C(C)(C)O2)c1. The number of methoxy groups -OCH3 is 1. The van der Waals surface area contributed by atoms with Gasteiger partial charge in [0.1, 0.15) is 11.5 Å². The number of benzene rings is 1. The fourth-order valence-electron chi connectivity index (χ4n) is 2.70. The maximum atomic E-state index is 15.4. The van der Waals surface area contributed by atoms with Gasteiger partial charge >= 0.3 is 7.12 Å². The van der Waals surface area contributed by atoms with Gasteiger partial charge in [-0.3, -0.25) is 0 Å². The van der Waals surface area contributed by atoms with E-state index in [1.807, 2.05) is 65.8 Å². The van der Waals surface area contributed by atoms with Gasteiger partial charge in [0.25, 0.3) is 0 Å². The Kier molecular flexibility index (Phi) is 6.53. The summed E-state index contributed by atoms with van der Waals surface area (Å²) in [4.78, 5) is 0. The van der Waals surface area contributed by atoms with E-state index in [4.69, 9.17) is 18.8 Å². The molecule has 1 saturated heterocycles. The first-order valence-corrected chi connectivity index (χ1v) is 9.07. The van der Waals surface area contributed by atoms with Gasteiger partial charge in [-0.25, -0.2) is 4.39 Å². The molecule has 0 N–H and O–H groups in total. The number of rotatable bonds is 7. The maximum Gasteiger partial charge on any atom is 0.525 e. The second kappa shape index (κ2) is 8.11. The number of hydrogen-bond donors (Lipinski definition) is 0. The quantitative estimate of drug-likeness (QED) is 0.650. The van der Waals surface area contributed by atoms with E-state index < -0.39 is 24.0 Å². The molecule has 4 nitrogen and oxygen atoms in total. The molecule has 144 valence electrons. The summed E-state index contributed by atoms with van der Waals surface area (Å²) in [5, 5.41) is 0.